The van der Waals surface area contributed by atoms with Gasteiger partial charge in [0, 0.05) is 12.3 Å². The van der Waals surface area contributed by atoms with Crippen molar-refractivity contribution < 1.29 is 4.79 Å². The summed E-state index contributed by atoms with van der Waals surface area (Å²) < 4.78 is 0. The number of halogens is 1. The van der Waals surface area contributed by atoms with Gasteiger partial charge in [-0.05, 0) is 12.8 Å². The van der Waals surface area contributed by atoms with Crippen LogP contribution in [-0.4, -0.2) is 11.8 Å². The Balaban J connectivity index is 2.82. The Labute approximate surface area is 54.0 Å². The van der Waals surface area contributed by atoms with E-state index in [0.717, 1.165) is 12.8 Å². The number of rotatable bonds is 4. The first-order chi connectivity index (χ1) is 3.77. The number of carbonyl (C=O) groups is 1. The monoisotopic (exact) mass is 135 g/mol. The lowest BCUT2D eigenvalue weighted by Crippen LogP contribution is -2.09. The van der Waals surface area contributed by atoms with E-state index in [1.165, 1.54) is 0 Å². The molecule has 0 saturated heterocycles. The number of nitrogens with two attached hydrogens (primary N) is 1. The summed E-state index contributed by atoms with van der Waals surface area (Å²) in [6.45, 7) is 0. The summed E-state index contributed by atoms with van der Waals surface area (Å²) in [6.07, 6.45) is 2.16. The Hall–Kier alpha value is -0.240. The summed E-state index contributed by atoms with van der Waals surface area (Å²) in [5, 5.41) is 0. The molecule has 0 saturated carbocycles. The van der Waals surface area contributed by atoms with E-state index >= 15 is 0 Å². The zero-order valence-electron chi connectivity index (χ0n) is 4.69. The van der Waals surface area contributed by atoms with Gasteiger partial charge < -0.3 is 5.73 Å². The summed E-state index contributed by atoms with van der Waals surface area (Å²) in [5.74, 6) is 0.378. The van der Waals surface area contributed by atoms with Crippen molar-refractivity contribution in [3.05, 3.63) is 0 Å². The number of primary amides is 1. The predicted molar refractivity (Wildman–Crippen MR) is 33.8 cm³/mol. The van der Waals surface area contributed by atoms with Gasteiger partial charge in [0.15, 0.2) is 0 Å². The second-order valence-electron chi connectivity index (χ2n) is 1.61. The standard InChI is InChI=1S/C5H10ClNO/c6-4-2-1-3-5(7)8/h1-4H2,(H2,7,8). The van der Waals surface area contributed by atoms with Crippen molar-refractivity contribution in [2.75, 3.05) is 5.88 Å². The molecule has 0 aliphatic carbocycles. The largest absolute Gasteiger partial charge is 0.370 e. The van der Waals surface area contributed by atoms with Crippen molar-refractivity contribution >= 4 is 17.5 Å². The molecule has 1 amide bonds. The maximum atomic E-state index is 10.1. The van der Waals surface area contributed by atoms with E-state index in [0.29, 0.717) is 12.3 Å². The minimum absolute atomic E-state index is 0.241. The molecule has 0 bridgehead atoms. The van der Waals surface area contributed by atoms with Crippen molar-refractivity contribution in [3.8, 4) is 0 Å². The Morgan fingerprint density at radius 1 is 1.50 bits per heavy atom. The van der Waals surface area contributed by atoms with Gasteiger partial charge in [0.25, 0.3) is 0 Å². The number of carbonyl (C=O) groups excluding carboxylic acids is 1. The number of alkyl halides is 1. The third-order valence-corrected chi connectivity index (χ3v) is 1.07. The normalized spacial score (nSPS) is 9.12. The highest BCUT2D eigenvalue weighted by Gasteiger charge is 1.91. The third kappa shape index (κ3) is 5.76. The zero-order chi connectivity index (χ0) is 6.41. The second-order valence-corrected chi connectivity index (χ2v) is 1.99. The van der Waals surface area contributed by atoms with Crippen LogP contribution in [0.25, 0.3) is 0 Å². The van der Waals surface area contributed by atoms with Crippen LogP contribution in [0.3, 0.4) is 0 Å². The second kappa shape index (κ2) is 4.91. The summed E-state index contributed by atoms with van der Waals surface area (Å²) in [5.41, 5.74) is 4.85. The maximum Gasteiger partial charge on any atom is 0.217 e. The van der Waals surface area contributed by atoms with E-state index in [9.17, 15) is 4.79 Å². The van der Waals surface area contributed by atoms with Crippen LogP contribution in [0.2, 0.25) is 0 Å². The average Bonchev–Trinajstić information content (AvgIpc) is 1.66. The molecule has 0 fully saturated rings. The number of hydrogen-bond acceptors (Lipinski definition) is 1. The van der Waals surface area contributed by atoms with Crippen LogP contribution in [0.1, 0.15) is 19.3 Å². The van der Waals surface area contributed by atoms with E-state index in [1.54, 1.807) is 0 Å². The van der Waals surface area contributed by atoms with E-state index < -0.39 is 0 Å². The molecular weight excluding hydrogens is 126 g/mol. The fraction of sp³-hybridized carbons (Fsp3) is 0.800. The topological polar surface area (TPSA) is 43.1 Å². The molecule has 2 nitrogen and oxygen atoms in total. The van der Waals surface area contributed by atoms with E-state index in [2.05, 4.69) is 0 Å². The van der Waals surface area contributed by atoms with Gasteiger partial charge in [-0.25, -0.2) is 0 Å². The first-order valence-corrected chi connectivity index (χ1v) is 3.15. The number of unbranched alkanes of at least 4 members (excludes halogenated alkanes) is 1. The number of hydrogen-bond donors (Lipinski definition) is 1. The van der Waals surface area contributed by atoms with Crippen LogP contribution in [0.15, 0.2) is 0 Å². The highest BCUT2D eigenvalue weighted by atomic mass is 35.5. The summed E-state index contributed by atoms with van der Waals surface area (Å²) in [4.78, 5) is 10.1. The summed E-state index contributed by atoms with van der Waals surface area (Å²) in [7, 11) is 0. The molecule has 48 valence electrons. The van der Waals surface area contributed by atoms with Gasteiger partial charge in [-0.15, -0.1) is 11.6 Å². The third-order valence-electron chi connectivity index (χ3n) is 0.807. The van der Waals surface area contributed by atoms with Crippen LogP contribution >= 0.6 is 11.6 Å². The minimum Gasteiger partial charge on any atom is -0.370 e. The van der Waals surface area contributed by atoms with Crippen molar-refractivity contribution in [1.29, 1.82) is 0 Å². The Morgan fingerprint density at radius 3 is 2.50 bits per heavy atom. The Kier molecular flexibility index (Phi) is 4.76. The number of amides is 1. The van der Waals surface area contributed by atoms with Gasteiger partial charge in [0.2, 0.25) is 5.91 Å². The lowest BCUT2D eigenvalue weighted by Gasteiger charge is -1.89. The van der Waals surface area contributed by atoms with Crippen LogP contribution < -0.4 is 5.73 Å². The first kappa shape index (κ1) is 7.76. The highest BCUT2D eigenvalue weighted by molar-refractivity contribution is 6.17. The van der Waals surface area contributed by atoms with E-state index in [1.807, 2.05) is 0 Å². The minimum atomic E-state index is -0.241. The fourth-order valence-corrected chi connectivity index (χ4v) is 0.583. The Morgan fingerprint density at radius 2 is 2.12 bits per heavy atom. The van der Waals surface area contributed by atoms with Gasteiger partial charge in [0.05, 0.1) is 0 Å². The van der Waals surface area contributed by atoms with Crippen molar-refractivity contribution in [1.82, 2.24) is 0 Å². The molecule has 0 unspecified atom stereocenters. The molecule has 0 aliphatic heterocycles. The fourth-order valence-electron chi connectivity index (χ4n) is 0.394. The first-order valence-electron chi connectivity index (χ1n) is 2.61. The molecule has 0 aromatic carbocycles. The van der Waals surface area contributed by atoms with E-state index in [-0.39, 0.29) is 5.91 Å². The van der Waals surface area contributed by atoms with Crippen molar-refractivity contribution in [2.45, 2.75) is 19.3 Å². The molecular formula is C5H10ClNO. The molecule has 0 radical (unpaired) electrons. The lowest BCUT2D eigenvalue weighted by molar-refractivity contribution is -0.118. The van der Waals surface area contributed by atoms with Gasteiger partial charge in [0.1, 0.15) is 0 Å². The average molecular weight is 136 g/mol. The lowest BCUT2D eigenvalue weighted by atomic mass is 10.2. The quantitative estimate of drug-likeness (QED) is 0.451. The highest BCUT2D eigenvalue weighted by Crippen LogP contribution is 1.94. The molecule has 0 heterocycles. The molecule has 0 aromatic rings. The molecule has 2 N–H and O–H groups in total. The molecule has 3 heteroatoms. The van der Waals surface area contributed by atoms with Crippen LogP contribution in [0.5, 0.6) is 0 Å². The summed E-state index contributed by atoms with van der Waals surface area (Å²) in [6, 6.07) is 0. The summed E-state index contributed by atoms with van der Waals surface area (Å²) >= 11 is 5.33. The predicted octanol–water partition coefficient (Wildman–Crippen LogP) is 0.881. The van der Waals surface area contributed by atoms with E-state index in [4.69, 9.17) is 17.3 Å². The van der Waals surface area contributed by atoms with Crippen LogP contribution in [-0.2, 0) is 4.79 Å². The van der Waals surface area contributed by atoms with Crippen LogP contribution in [0.4, 0.5) is 0 Å². The Bertz CT molecular complexity index is 74.8. The van der Waals surface area contributed by atoms with Gasteiger partial charge in [-0.2, -0.15) is 0 Å². The van der Waals surface area contributed by atoms with Crippen molar-refractivity contribution in [2.24, 2.45) is 5.73 Å². The SMILES string of the molecule is NC(=O)CCCCCl. The van der Waals surface area contributed by atoms with Gasteiger partial charge in [-0.3, -0.25) is 4.79 Å². The maximum absolute atomic E-state index is 10.1. The molecule has 0 aromatic heterocycles. The smallest absolute Gasteiger partial charge is 0.217 e. The molecule has 0 rings (SSSR count). The van der Waals surface area contributed by atoms with Crippen LogP contribution in [0, 0.1) is 0 Å². The molecule has 8 heavy (non-hydrogen) atoms. The van der Waals surface area contributed by atoms with Gasteiger partial charge in [-0.1, -0.05) is 0 Å². The molecule has 0 aliphatic rings. The molecule has 0 atom stereocenters. The van der Waals surface area contributed by atoms with Crippen molar-refractivity contribution in [3.63, 3.8) is 0 Å². The molecule has 0 spiro atoms. The van der Waals surface area contributed by atoms with Gasteiger partial charge >= 0.3 is 0 Å². The zero-order valence-corrected chi connectivity index (χ0v) is 5.45.